The lowest BCUT2D eigenvalue weighted by Gasteiger charge is -2.19. The van der Waals surface area contributed by atoms with Crippen LogP contribution in [0.4, 0.5) is 4.39 Å². The Kier molecular flexibility index (Phi) is 5.17. The van der Waals surface area contributed by atoms with Crippen molar-refractivity contribution in [3.8, 4) is 17.2 Å². The topological polar surface area (TPSA) is 71.9 Å². The predicted molar refractivity (Wildman–Crippen MR) is 100 cm³/mol. The minimum absolute atomic E-state index is 0.0491. The molecule has 148 valence electrons. The van der Waals surface area contributed by atoms with Crippen molar-refractivity contribution < 1.29 is 23.8 Å². The van der Waals surface area contributed by atoms with Crippen LogP contribution in [0.25, 0.3) is 0 Å². The zero-order chi connectivity index (χ0) is 19.7. The molecule has 1 aromatic heterocycles. The Morgan fingerprint density at radius 1 is 1.14 bits per heavy atom. The largest absolute Gasteiger partial charge is 0.504 e. The lowest BCUT2D eigenvalue weighted by atomic mass is 10.0. The number of Topliss-reactive ketones (excluding diaryl/α,β-unsaturated/α-hetero) is 1. The van der Waals surface area contributed by atoms with E-state index in [2.05, 4.69) is 9.88 Å². The van der Waals surface area contributed by atoms with E-state index < -0.39 is 11.7 Å². The maximum atomic E-state index is 13.4. The Balaban J connectivity index is 1.28. The van der Waals surface area contributed by atoms with E-state index in [0.29, 0.717) is 11.8 Å². The number of hydrogen-bond donors (Lipinski definition) is 1. The van der Waals surface area contributed by atoms with Gasteiger partial charge in [-0.1, -0.05) is 0 Å². The quantitative estimate of drug-likeness (QED) is 0.608. The van der Waals surface area contributed by atoms with Crippen LogP contribution in [-0.2, 0) is 0 Å². The zero-order valence-corrected chi connectivity index (χ0v) is 15.7. The summed E-state index contributed by atoms with van der Waals surface area (Å²) < 4.78 is 24.6. The van der Waals surface area contributed by atoms with Crippen LogP contribution in [0, 0.1) is 17.8 Å². The van der Waals surface area contributed by atoms with E-state index in [1.54, 1.807) is 7.11 Å². The van der Waals surface area contributed by atoms with Crippen LogP contribution in [0.5, 0.6) is 17.2 Å². The average molecular weight is 386 g/mol. The number of halogens is 1. The first kappa shape index (κ1) is 18.7. The molecule has 1 saturated carbocycles. The van der Waals surface area contributed by atoms with E-state index in [4.69, 9.17) is 9.47 Å². The minimum Gasteiger partial charge on any atom is -0.504 e. The number of benzene rings is 1. The van der Waals surface area contributed by atoms with Gasteiger partial charge in [0.1, 0.15) is 17.2 Å². The average Bonchev–Trinajstić information content (AvgIpc) is 3.22. The fourth-order valence-electron chi connectivity index (χ4n) is 4.28. The van der Waals surface area contributed by atoms with E-state index in [1.807, 2.05) is 24.3 Å². The van der Waals surface area contributed by atoms with Gasteiger partial charge in [0.2, 0.25) is 0 Å². The van der Waals surface area contributed by atoms with Gasteiger partial charge in [0, 0.05) is 13.1 Å². The van der Waals surface area contributed by atoms with E-state index in [0.717, 1.165) is 43.5 Å². The third kappa shape index (κ3) is 3.94. The monoisotopic (exact) mass is 386 g/mol. The van der Waals surface area contributed by atoms with Crippen LogP contribution >= 0.6 is 0 Å². The first-order valence-corrected chi connectivity index (χ1v) is 9.43. The molecule has 1 aliphatic heterocycles. The van der Waals surface area contributed by atoms with Gasteiger partial charge < -0.3 is 14.6 Å². The molecule has 0 amide bonds. The molecule has 0 radical (unpaired) electrons. The van der Waals surface area contributed by atoms with Crippen LogP contribution in [0.15, 0.2) is 36.4 Å². The first-order chi connectivity index (χ1) is 13.5. The number of hydrogen-bond acceptors (Lipinski definition) is 6. The molecule has 1 N–H and O–H groups in total. The van der Waals surface area contributed by atoms with Crippen molar-refractivity contribution in [1.29, 1.82) is 0 Å². The van der Waals surface area contributed by atoms with Crippen molar-refractivity contribution in [1.82, 2.24) is 9.88 Å². The van der Waals surface area contributed by atoms with Crippen LogP contribution in [-0.4, -0.2) is 53.6 Å². The number of nitrogens with zero attached hydrogens (tertiary/aromatic N) is 2. The van der Waals surface area contributed by atoms with Gasteiger partial charge in [-0.15, -0.1) is 0 Å². The molecule has 2 fully saturated rings. The van der Waals surface area contributed by atoms with Gasteiger partial charge in [0.25, 0.3) is 5.95 Å². The standard InChI is InChI=1S/C21H23FN2O4/c1-27-15-2-4-16(5-3-15)28-17-8-13-10-24(11-14(13)9-17)12-20(26)18-6-7-19(25)21(22)23-18/h2-7,13-14,17,25H,8-12H2,1H3/t13-,14+,17+. The maximum Gasteiger partial charge on any atom is 0.255 e. The summed E-state index contributed by atoms with van der Waals surface area (Å²) in [7, 11) is 1.64. The number of fused-ring (bicyclic) bond motifs is 1. The number of aromatic nitrogens is 1. The second-order valence-electron chi connectivity index (χ2n) is 7.53. The second-order valence-corrected chi connectivity index (χ2v) is 7.53. The number of rotatable bonds is 6. The van der Waals surface area contributed by atoms with Gasteiger partial charge in [0.15, 0.2) is 11.5 Å². The van der Waals surface area contributed by atoms with E-state index in [-0.39, 0.29) is 24.1 Å². The molecular formula is C21H23FN2O4. The molecule has 2 heterocycles. The van der Waals surface area contributed by atoms with Crippen molar-refractivity contribution in [2.75, 3.05) is 26.7 Å². The molecule has 2 aromatic rings. The van der Waals surface area contributed by atoms with E-state index in [9.17, 15) is 14.3 Å². The summed E-state index contributed by atoms with van der Waals surface area (Å²) in [4.78, 5) is 18.0. The third-order valence-corrected chi connectivity index (χ3v) is 5.63. The molecule has 3 atom stereocenters. The highest BCUT2D eigenvalue weighted by Crippen LogP contribution is 2.39. The lowest BCUT2D eigenvalue weighted by molar-refractivity contribution is 0.0930. The van der Waals surface area contributed by atoms with E-state index >= 15 is 0 Å². The number of ether oxygens (including phenoxy) is 2. The molecule has 1 aromatic carbocycles. The third-order valence-electron chi connectivity index (χ3n) is 5.63. The summed E-state index contributed by atoms with van der Waals surface area (Å²) in [6, 6.07) is 10.1. The molecule has 0 bridgehead atoms. The molecule has 4 rings (SSSR count). The summed E-state index contributed by atoms with van der Waals surface area (Å²) in [6.45, 7) is 1.88. The summed E-state index contributed by atoms with van der Waals surface area (Å²) >= 11 is 0. The first-order valence-electron chi connectivity index (χ1n) is 9.43. The zero-order valence-electron chi connectivity index (χ0n) is 15.7. The number of carbonyl (C=O) groups is 1. The van der Waals surface area contributed by atoms with E-state index in [1.165, 1.54) is 6.07 Å². The maximum absolute atomic E-state index is 13.4. The summed E-state index contributed by atoms with van der Waals surface area (Å²) in [5, 5.41) is 9.20. The number of methoxy groups -OCH3 is 1. The van der Waals surface area contributed by atoms with Gasteiger partial charge >= 0.3 is 0 Å². The SMILES string of the molecule is COc1ccc(O[C@H]2C[C@@H]3CN(CC(=O)c4ccc(O)c(F)n4)C[C@@H]3C2)cc1. The highest BCUT2D eigenvalue weighted by Gasteiger charge is 2.42. The van der Waals surface area contributed by atoms with Crippen molar-refractivity contribution in [2.24, 2.45) is 11.8 Å². The fraction of sp³-hybridized carbons (Fsp3) is 0.429. The van der Waals surface area contributed by atoms with Crippen LogP contribution < -0.4 is 9.47 Å². The Bertz CT molecular complexity index is 844. The highest BCUT2D eigenvalue weighted by atomic mass is 19.1. The molecule has 6 nitrogen and oxygen atoms in total. The number of ketones is 1. The molecule has 1 aliphatic carbocycles. The highest BCUT2D eigenvalue weighted by molar-refractivity contribution is 5.95. The Morgan fingerprint density at radius 2 is 1.79 bits per heavy atom. The number of likely N-dealkylation sites (tertiary alicyclic amines) is 1. The molecule has 28 heavy (non-hydrogen) atoms. The Labute approximate surface area is 162 Å². The van der Waals surface area contributed by atoms with Gasteiger partial charge in [0.05, 0.1) is 19.8 Å². The van der Waals surface area contributed by atoms with Gasteiger partial charge in [-0.05, 0) is 61.1 Å². The van der Waals surface area contributed by atoms with Gasteiger partial charge in [-0.3, -0.25) is 9.69 Å². The number of carbonyl (C=O) groups excluding carboxylic acids is 1. The number of aromatic hydroxyl groups is 1. The van der Waals surface area contributed by atoms with Crippen LogP contribution in [0.1, 0.15) is 23.3 Å². The molecule has 7 heteroatoms. The fourth-order valence-corrected chi connectivity index (χ4v) is 4.28. The van der Waals surface area contributed by atoms with Gasteiger partial charge in [-0.25, -0.2) is 4.98 Å². The summed E-state index contributed by atoms with van der Waals surface area (Å²) in [6.07, 6.45) is 2.12. The van der Waals surface area contributed by atoms with Crippen molar-refractivity contribution >= 4 is 5.78 Å². The van der Waals surface area contributed by atoms with Crippen LogP contribution in [0.2, 0.25) is 0 Å². The van der Waals surface area contributed by atoms with Crippen molar-refractivity contribution in [2.45, 2.75) is 18.9 Å². The summed E-state index contributed by atoms with van der Waals surface area (Å²) in [5.41, 5.74) is 0.0491. The number of pyridine rings is 1. The predicted octanol–water partition coefficient (Wildman–Crippen LogP) is 2.91. The van der Waals surface area contributed by atoms with Crippen LogP contribution in [0.3, 0.4) is 0 Å². The Morgan fingerprint density at radius 3 is 2.39 bits per heavy atom. The van der Waals surface area contributed by atoms with Crippen molar-refractivity contribution in [3.63, 3.8) is 0 Å². The molecule has 1 saturated heterocycles. The molecule has 2 aliphatic rings. The lowest BCUT2D eigenvalue weighted by Crippen LogP contribution is -2.30. The molecular weight excluding hydrogens is 363 g/mol. The molecule has 0 spiro atoms. The normalized spacial score (nSPS) is 24.1. The van der Waals surface area contributed by atoms with Crippen molar-refractivity contribution in [3.05, 3.63) is 48.0 Å². The molecule has 0 unspecified atom stereocenters. The summed E-state index contributed by atoms with van der Waals surface area (Å²) in [5.74, 6) is 0.862. The smallest absolute Gasteiger partial charge is 0.255 e. The van der Waals surface area contributed by atoms with Gasteiger partial charge in [-0.2, -0.15) is 4.39 Å². The Hall–Kier alpha value is -2.67. The minimum atomic E-state index is -1.01. The second kappa shape index (κ2) is 7.75.